The van der Waals surface area contributed by atoms with E-state index in [2.05, 4.69) is 31.4 Å². The molecule has 204 valence electrons. The van der Waals surface area contributed by atoms with Gasteiger partial charge in [0.1, 0.15) is 11.6 Å². The van der Waals surface area contributed by atoms with Crippen molar-refractivity contribution in [3.05, 3.63) is 78.0 Å². The molecule has 2 N–H and O–H groups in total. The van der Waals surface area contributed by atoms with Crippen LogP contribution in [0.15, 0.2) is 66.7 Å². The fourth-order valence-corrected chi connectivity index (χ4v) is 4.83. The molecule has 4 aromatic rings. The van der Waals surface area contributed by atoms with Crippen molar-refractivity contribution in [1.82, 2.24) is 9.78 Å². The van der Waals surface area contributed by atoms with Crippen molar-refractivity contribution in [3.8, 4) is 11.4 Å². The van der Waals surface area contributed by atoms with Crippen molar-refractivity contribution in [2.45, 2.75) is 64.9 Å². The molecule has 2 heterocycles. The number of nitrogens with zero attached hydrogens (tertiary/aromatic N) is 2. The summed E-state index contributed by atoms with van der Waals surface area (Å²) >= 11 is 0. The minimum absolute atomic E-state index is 0.169. The second-order valence-corrected chi connectivity index (χ2v) is 11.3. The van der Waals surface area contributed by atoms with E-state index in [-0.39, 0.29) is 17.6 Å². The van der Waals surface area contributed by atoms with Gasteiger partial charge in [0.2, 0.25) is 0 Å². The monoisotopic (exact) mass is 526 g/mol. The maximum Gasteiger partial charge on any atom is 0.324 e. The molecule has 0 aliphatic carbocycles. The van der Waals surface area contributed by atoms with Gasteiger partial charge in [-0.1, -0.05) is 62.7 Å². The number of urea groups is 1. The predicted molar refractivity (Wildman–Crippen MR) is 157 cm³/mol. The van der Waals surface area contributed by atoms with Crippen molar-refractivity contribution < 1.29 is 14.3 Å². The summed E-state index contributed by atoms with van der Waals surface area (Å²) in [5.74, 6) is 1.41. The molecule has 1 aliphatic heterocycles. The average Bonchev–Trinajstić information content (AvgIpc) is 3.35. The van der Waals surface area contributed by atoms with Crippen molar-refractivity contribution in [2.75, 3.05) is 23.8 Å². The number of carbonyl (C=O) groups is 1. The molecule has 3 aromatic carbocycles. The van der Waals surface area contributed by atoms with E-state index in [0.717, 1.165) is 59.3 Å². The van der Waals surface area contributed by atoms with Gasteiger partial charge in [-0.15, -0.1) is 0 Å². The standard InChI is InChI=1S/C32H38N4O3/c1-22-12-14-23(15-13-22)36-30(21-29(35-36)32(2,3)4)34-31(37)33-27-16-17-28(26-11-6-5-10-25(26)27)39-20-18-24-9-7-8-19-38-24/h5-6,10-17,21,24H,7-9,18-20H2,1-4H3,(H2,33,34,37). The second-order valence-electron chi connectivity index (χ2n) is 11.3. The Hall–Kier alpha value is -3.84. The van der Waals surface area contributed by atoms with Crippen molar-refractivity contribution in [2.24, 2.45) is 0 Å². The number of hydrogen-bond donors (Lipinski definition) is 2. The lowest BCUT2D eigenvalue weighted by Crippen LogP contribution is -2.22. The van der Waals surface area contributed by atoms with Gasteiger partial charge in [0.15, 0.2) is 0 Å². The molecule has 1 aromatic heterocycles. The lowest BCUT2D eigenvalue weighted by atomic mass is 9.92. The Kier molecular flexibility index (Phi) is 7.89. The van der Waals surface area contributed by atoms with Gasteiger partial charge >= 0.3 is 6.03 Å². The molecular formula is C32H38N4O3. The van der Waals surface area contributed by atoms with E-state index in [4.69, 9.17) is 14.6 Å². The van der Waals surface area contributed by atoms with Crippen LogP contribution in [-0.2, 0) is 10.2 Å². The van der Waals surface area contributed by atoms with E-state index >= 15 is 0 Å². The fourth-order valence-electron chi connectivity index (χ4n) is 4.83. The summed E-state index contributed by atoms with van der Waals surface area (Å²) in [5.41, 5.74) is 3.48. The summed E-state index contributed by atoms with van der Waals surface area (Å²) in [6.07, 6.45) is 4.63. The topological polar surface area (TPSA) is 77.4 Å². The smallest absolute Gasteiger partial charge is 0.324 e. The molecule has 2 amide bonds. The molecule has 5 rings (SSSR count). The van der Waals surface area contributed by atoms with Gasteiger partial charge in [0, 0.05) is 35.3 Å². The van der Waals surface area contributed by atoms with Crippen LogP contribution < -0.4 is 15.4 Å². The van der Waals surface area contributed by atoms with Crippen LogP contribution in [0.3, 0.4) is 0 Å². The molecule has 39 heavy (non-hydrogen) atoms. The van der Waals surface area contributed by atoms with Crippen LogP contribution >= 0.6 is 0 Å². The predicted octanol–water partition coefficient (Wildman–Crippen LogP) is 7.61. The maximum absolute atomic E-state index is 13.2. The number of ether oxygens (including phenoxy) is 2. The largest absolute Gasteiger partial charge is 0.493 e. The van der Waals surface area contributed by atoms with Crippen LogP contribution in [0.5, 0.6) is 5.75 Å². The van der Waals surface area contributed by atoms with Gasteiger partial charge in [-0.3, -0.25) is 5.32 Å². The van der Waals surface area contributed by atoms with E-state index < -0.39 is 0 Å². The summed E-state index contributed by atoms with van der Waals surface area (Å²) in [5, 5.41) is 12.7. The van der Waals surface area contributed by atoms with E-state index in [1.165, 1.54) is 6.42 Å². The zero-order chi connectivity index (χ0) is 27.4. The highest BCUT2D eigenvalue weighted by Crippen LogP contribution is 2.32. The number of amides is 2. The van der Waals surface area contributed by atoms with E-state index in [1.807, 2.05) is 73.7 Å². The molecular weight excluding hydrogens is 488 g/mol. The third-order valence-corrected chi connectivity index (χ3v) is 7.10. The lowest BCUT2D eigenvalue weighted by molar-refractivity contribution is 0.00414. The number of anilines is 2. The Balaban J connectivity index is 1.33. The Morgan fingerprint density at radius 2 is 1.79 bits per heavy atom. The van der Waals surface area contributed by atoms with E-state index in [1.54, 1.807) is 4.68 Å². The number of hydrogen-bond acceptors (Lipinski definition) is 4. The number of benzene rings is 3. The first kappa shape index (κ1) is 26.8. The molecule has 1 atom stereocenters. The fraction of sp³-hybridized carbons (Fsp3) is 0.375. The number of fused-ring (bicyclic) bond motifs is 1. The highest BCUT2D eigenvalue weighted by molar-refractivity contribution is 6.07. The third-order valence-electron chi connectivity index (χ3n) is 7.10. The first-order valence-electron chi connectivity index (χ1n) is 13.8. The Morgan fingerprint density at radius 1 is 1.03 bits per heavy atom. The van der Waals surface area contributed by atoms with Gasteiger partial charge in [-0.25, -0.2) is 9.48 Å². The number of aromatic nitrogens is 2. The molecule has 0 saturated carbocycles. The van der Waals surface area contributed by atoms with Crippen molar-refractivity contribution in [1.29, 1.82) is 0 Å². The number of rotatable bonds is 7. The minimum Gasteiger partial charge on any atom is -0.493 e. The first-order valence-corrected chi connectivity index (χ1v) is 13.8. The normalized spacial score (nSPS) is 15.7. The van der Waals surface area contributed by atoms with Crippen molar-refractivity contribution in [3.63, 3.8) is 0 Å². The summed E-state index contributed by atoms with van der Waals surface area (Å²) in [6, 6.07) is 21.5. The molecule has 7 heteroatoms. The quantitative estimate of drug-likeness (QED) is 0.260. The third kappa shape index (κ3) is 6.42. The van der Waals surface area contributed by atoms with Crippen LogP contribution in [0.4, 0.5) is 16.3 Å². The van der Waals surface area contributed by atoms with E-state index in [9.17, 15) is 4.79 Å². The zero-order valence-corrected chi connectivity index (χ0v) is 23.3. The summed E-state index contributed by atoms with van der Waals surface area (Å²) in [7, 11) is 0. The molecule has 1 aliphatic rings. The Morgan fingerprint density at radius 3 is 2.51 bits per heavy atom. The lowest BCUT2D eigenvalue weighted by Gasteiger charge is -2.22. The van der Waals surface area contributed by atoms with Gasteiger partial charge in [-0.2, -0.15) is 5.10 Å². The number of nitrogens with one attached hydrogen (secondary N) is 2. The van der Waals surface area contributed by atoms with Crippen LogP contribution in [0, 0.1) is 6.92 Å². The van der Waals surface area contributed by atoms with Crippen LogP contribution in [0.1, 0.15) is 57.7 Å². The van der Waals surface area contributed by atoms with Crippen LogP contribution in [-0.4, -0.2) is 35.1 Å². The summed E-state index contributed by atoms with van der Waals surface area (Å²) in [6.45, 7) is 9.82. The number of aryl methyl sites for hydroxylation is 1. The summed E-state index contributed by atoms with van der Waals surface area (Å²) in [4.78, 5) is 13.2. The highest BCUT2D eigenvalue weighted by Gasteiger charge is 2.22. The molecule has 1 fully saturated rings. The van der Waals surface area contributed by atoms with E-state index in [0.29, 0.717) is 18.1 Å². The second kappa shape index (κ2) is 11.5. The van der Waals surface area contributed by atoms with Gasteiger partial charge < -0.3 is 14.8 Å². The highest BCUT2D eigenvalue weighted by atomic mass is 16.5. The Bertz CT molecular complexity index is 1430. The minimum atomic E-state index is -0.336. The van der Waals surface area contributed by atoms with Crippen LogP contribution in [0.25, 0.3) is 16.5 Å². The number of carbonyl (C=O) groups excluding carboxylic acids is 1. The van der Waals surface area contributed by atoms with Gasteiger partial charge in [0.25, 0.3) is 0 Å². The Labute approximate surface area is 230 Å². The molecule has 1 saturated heterocycles. The molecule has 0 bridgehead atoms. The molecule has 0 spiro atoms. The summed E-state index contributed by atoms with van der Waals surface area (Å²) < 4.78 is 13.8. The maximum atomic E-state index is 13.2. The SMILES string of the molecule is Cc1ccc(-n2nc(C(C)(C)C)cc2NC(=O)Nc2ccc(OCCC3CCCCO3)c3ccccc23)cc1. The van der Waals surface area contributed by atoms with Gasteiger partial charge in [0.05, 0.1) is 29.8 Å². The molecule has 7 nitrogen and oxygen atoms in total. The van der Waals surface area contributed by atoms with Crippen molar-refractivity contribution >= 4 is 28.3 Å². The molecule has 0 radical (unpaired) electrons. The zero-order valence-electron chi connectivity index (χ0n) is 23.3. The van der Waals surface area contributed by atoms with Crippen LogP contribution in [0.2, 0.25) is 0 Å². The first-order chi connectivity index (χ1) is 18.8. The average molecular weight is 527 g/mol. The molecule has 1 unspecified atom stereocenters. The van der Waals surface area contributed by atoms with Gasteiger partial charge in [-0.05, 0) is 50.5 Å².